The predicted octanol–water partition coefficient (Wildman–Crippen LogP) is 2.66. The molecule has 0 amide bonds. The van der Waals surface area contributed by atoms with Crippen molar-refractivity contribution in [1.82, 2.24) is 9.97 Å². The number of aliphatic carboxylic acids is 1. The first-order valence-electron chi connectivity index (χ1n) is 7.40. The van der Waals surface area contributed by atoms with E-state index in [9.17, 15) is 9.59 Å². The zero-order valence-corrected chi connectivity index (χ0v) is 12.6. The maximum absolute atomic E-state index is 12.3. The van der Waals surface area contributed by atoms with Crippen LogP contribution in [-0.4, -0.2) is 21.0 Å². The minimum atomic E-state index is -0.818. The van der Waals surface area contributed by atoms with Gasteiger partial charge in [0.25, 0.3) is 5.56 Å². The Morgan fingerprint density at radius 1 is 1.29 bits per heavy atom. The second-order valence-electron chi connectivity index (χ2n) is 5.50. The van der Waals surface area contributed by atoms with Gasteiger partial charge in [-0.25, -0.2) is 4.98 Å². The van der Waals surface area contributed by atoms with Crippen LogP contribution in [0.3, 0.4) is 0 Å². The van der Waals surface area contributed by atoms with E-state index in [1.54, 1.807) is 11.3 Å². The molecule has 0 fully saturated rings. The van der Waals surface area contributed by atoms with Gasteiger partial charge >= 0.3 is 5.97 Å². The normalized spacial score (nSPS) is 14.9. The minimum absolute atomic E-state index is 0.0651. The molecule has 2 N–H and O–H groups in total. The van der Waals surface area contributed by atoms with E-state index >= 15 is 0 Å². The Kier molecular flexibility index (Phi) is 4.05. The van der Waals surface area contributed by atoms with Crippen LogP contribution in [0.2, 0.25) is 0 Å². The summed E-state index contributed by atoms with van der Waals surface area (Å²) in [5, 5.41) is 9.43. The number of H-pyrrole nitrogens is 1. The van der Waals surface area contributed by atoms with Gasteiger partial charge in [-0.15, -0.1) is 11.3 Å². The van der Waals surface area contributed by atoms with Crippen molar-refractivity contribution in [2.45, 2.75) is 51.4 Å². The molecule has 0 unspecified atom stereocenters. The molecule has 6 heteroatoms. The fourth-order valence-corrected chi connectivity index (χ4v) is 4.19. The molecule has 1 aliphatic rings. The number of hydrogen-bond donors (Lipinski definition) is 2. The molecule has 21 heavy (non-hydrogen) atoms. The summed E-state index contributed by atoms with van der Waals surface area (Å²) in [5.74, 6) is -0.216. The lowest BCUT2D eigenvalue weighted by atomic mass is 10.1. The summed E-state index contributed by atoms with van der Waals surface area (Å²) >= 11 is 1.63. The fraction of sp³-hybridized carbons (Fsp3) is 0.533. The van der Waals surface area contributed by atoms with Gasteiger partial charge in [-0.2, -0.15) is 0 Å². The molecular formula is C15H18N2O3S. The quantitative estimate of drug-likeness (QED) is 0.851. The molecule has 1 aliphatic carbocycles. The maximum Gasteiger partial charge on any atom is 0.303 e. The molecule has 0 aromatic carbocycles. The predicted molar refractivity (Wildman–Crippen MR) is 82.1 cm³/mol. The van der Waals surface area contributed by atoms with Crippen LogP contribution in [0.5, 0.6) is 0 Å². The number of fused-ring (bicyclic) bond motifs is 3. The summed E-state index contributed by atoms with van der Waals surface area (Å²) in [6.07, 6.45) is 6.66. The number of aromatic amines is 1. The summed E-state index contributed by atoms with van der Waals surface area (Å²) < 4.78 is 0. The van der Waals surface area contributed by atoms with Crippen molar-refractivity contribution in [3.05, 3.63) is 26.6 Å². The van der Waals surface area contributed by atoms with Gasteiger partial charge in [-0.1, -0.05) is 6.42 Å². The van der Waals surface area contributed by atoms with Gasteiger partial charge in [0.15, 0.2) is 0 Å². The van der Waals surface area contributed by atoms with Gasteiger partial charge < -0.3 is 10.1 Å². The largest absolute Gasteiger partial charge is 0.481 e. The van der Waals surface area contributed by atoms with Crippen molar-refractivity contribution in [3.63, 3.8) is 0 Å². The Hall–Kier alpha value is -1.69. The van der Waals surface area contributed by atoms with E-state index in [-0.39, 0.29) is 12.0 Å². The Labute approximate surface area is 126 Å². The Bertz CT molecular complexity index is 732. The first kappa shape index (κ1) is 14.3. The molecular weight excluding hydrogens is 288 g/mol. The molecule has 5 nitrogen and oxygen atoms in total. The number of carboxylic acid groups (broad SMARTS) is 1. The first-order chi connectivity index (χ1) is 10.1. The summed E-state index contributed by atoms with van der Waals surface area (Å²) in [5.41, 5.74) is 1.13. The number of aromatic nitrogens is 2. The third-order valence-corrected chi connectivity index (χ3v) is 5.11. The van der Waals surface area contributed by atoms with Gasteiger partial charge in [0.2, 0.25) is 0 Å². The maximum atomic E-state index is 12.3. The average molecular weight is 306 g/mol. The second kappa shape index (κ2) is 5.97. The van der Waals surface area contributed by atoms with Crippen LogP contribution in [0.4, 0.5) is 0 Å². The number of rotatable bonds is 4. The van der Waals surface area contributed by atoms with Gasteiger partial charge in [-0.05, 0) is 37.7 Å². The van der Waals surface area contributed by atoms with E-state index in [2.05, 4.69) is 9.97 Å². The summed E-state index contributed by atoms with van der Waals surface area (Å²) in [6, 6.07) is 0. The molecule has 0 atom stereocenters. The number of thiophene rings is 1. The van der Waals surface area contributed by atoms with Crippen LogP contribution >= 0.6 is 11.3 Å². The Morgan fingerprint density at radius 2 is 2.10 bits per heavy atom. The third-order valence-electron chi connectivity index (χ3n) is 3.93. The van der Waals surface area contributed by atoms with Crippen molar-refractivity contribution in [3.8, 4) is 0 Å². The smallest absolute Gasteiger partial charge is 0.303 e. The number of nitrogens with zero attached hydrogens (tertiary/aromatic N) is 1. The van der Waals surface area contributed by atoms with Gasteiger partial charge in [0.05, 0.1) is 5.39 Å². The fourth-order valence-electron chi connectivity index (χ4n) is 2.91. The molecule has 0 radical (unpaired) electrons. The topological polar surface area (TPSA) is 83.0 Å². The minimum Gasteiger partial charge on any atom is -0.481 e. The van der Waals surface area contributed by atoms with Crippen molar-refractivity contribution < 1.29 is 9.90 Å². The van der Waals surface area contributed by atoms with Crippen molar-refractivity contribution in [1.29, 1.82) is 0 Å². The lowest BCUT2D eigenvalue weighted by Gasteiger charge is -2.01. The molecule has 0 saturated carbocycles. The highest BCUT2D eigenvalue weighted by Crippen LogP contribution is 2.32. The zero-order chi connectivity index (χ0) is 14.8. The van der Waals surface area contributed by atoms with Crippen molar-refractivity contribution >= 4 is 27.5 Å². The van der Waals surface area contributed by atoms with Gasteiger partial charge in [0.1, 0.15) is 10.7 Å². The lowest BCUT2D eigenvalue weighted by molar-refractivity contribution is -0.137. The van der Waals surface area contributed by atoms with Crippen molar-refractivity contribution in [2.24, 2.45) is 0 Å². The summed E-state index contributed by atoms with van der Waals surface area (Å²) in [7, 11) is 0. The van der Waals surface area contributed by atoms with E-state index in [0.717, 1.165) is 29.5 Å². The van der Waals surface area contributed by atoms with Crippen LogP contribution in [0.25, 0.3) is 10.2 Å². The number of carboxylic acids is 1. The summed E-state index contributed by atoms with van der Waals surface area (Å²) in [4.78, 5) is 32.4. The first-order valence-corrected chi connectivity index (χ1v) is 8.22. The molecule has 0 bridgehead atoms. The van der Waals surface area contributed by atoms with Crippen LogP contribution in [0, 0.1) is 0 Å². The van der Waals surface area contributed by atoms with E-state index in [1.807, 2.05) is 0 Å². The highest BCUT2D eigenvalue weighted by atomic mass is 32.1. The van der Waals surface area contributed by atoms with Gasteiger partial charge in [0, 0.05) is 17.7 Å². The standard InChI is InChI=1S/C15H18N2O3S/c18-12(19)8-4-7-11-16-14(20)13-9-5-2-1-3-6-10(9)21-15(13)17-11/h1-8H2,(H,18,19)(H,16,17,20). The monoisotopic (exact) mass is 306 g/mol. The molecule has 2 aromatic heterocycles. The van der Waals surface area contributed by atoms with Crippen molar-refractivity contribution in [2.75, 3.05) is 0 Å². The number of hydrogen-bond acceptors (Lipinski definition) is 4. The highest BCUT2D eigenvalue weighted by Gasteiger charge is 2.18. The van der Waals surface area contributed by atoms with Crippen LogP contribution < -0.4 is 5.56 Å². The molecule has 0 saturated heterocycles. The number of carbonyl (C=O) groups is 1. The summed E-state index contributed by atoms with van der Waals surface area (Å²) in [6.45, 7) is 0. The van der Waals surface area contributed by atoms with E-state index < -0.39 is 5.97 Å². The molecule has 0 spiro atoms. The molecule has 3 rings (SSSR count). The Morgan fingerprint density at radius 3 is 2.90 bits per heavy atom. The highest BCUT2D eigenvalue weighted by molar-refractivity contribution is 7.18. The van der Waals surface area contributed by atoms with Crippen LogP contribution in [0.1, 0.15) is 48.4 Å². The number of aryl methyl sites for hydroxylation is 3. The van der Waals surface area contributed by atoms with Crippen LogP contribution in [-0.2, 0) is 24.1 Å². The molecule has 2 aromatic rings. The lowest BCUT2D eigenvalue weighted by Crippen LogP contribution is -2.12. The van der Waals surface area contributed by atoms with E-state index in [1.165, 1.54) is 23.3 Å². The van der Waals surface area contributed by atoms with Crippen LogP contribution in [0.15, 0.2) is 4.79 Å². The van der Waals surface area contributed by atoms with E-state index in [4.69, 9.17) is 5.11 Å². The Balaban J connectivity index is 1.93. The van der Waals surface area contributed by atoms with E-state index in [0.29, 0.717) is 18.7 Å². The number of nitrogens with one attached hydrogen (secondary N) is 1. The zero-order valence-electron chi connectivity index (χ0n) is 11.8. The third kappa shape index (κ3) is 3.00. The molecule has 2 heterocycles. The average Bonchev–Trinajstić information content (AvgIpc) is 2.61. The molecule has 0 aliphatic heterocycles. The molecule has 112 valence electrons. The second-order valence-corrected chi connectivity index (χ2v) is 6.59. The SMILES string of the molecule is O=C(O)CCCc1nc2sc3c(c2c(=O)[nH]1)CCCCC3. The van der Waals surface area contributed by atoms with Gasteiger partial charge in [-0.3, -0.25) is 9.59 Å².